The molecule has 0 radical (unpaired) electrons. The molecule has 2 aromatic carbocycles. The highest BCUT2D eigenvalue weighted by molar-refractivity contribution is 7.90. The van der Waals surface area contributed by atoms with Gasteiger partial charge in [-0.2, -0.15) is 0 Å². The number of hydrogen-bond acceptors (Lipinski definition) is 14. The third-order valence-electron chi connectivity index (χ3n) is 11.4. The molecule has 0 unspecified atom stereocenters. The average Bonchev–Trinajstić information content (AvgIpc) is 3.63. The first-order valence-electron chi connectivity index (χ1n) is 24.0. The summed E-state index contributed by atoms with van der Waals surface area (Å²) in [6.45, 7) is 18.8. The summed E-state index contributed by atoms with van der Waals surface area (Å²) < 4.78 is 58.1. The lowest BCUT2D eigenvalue weighted by atomic mass is 9.94. The van der Waals surface area contributed by atoms with Crippen LogP contribution in [0.4, 0.5) is 0 Å². The minimum Gasteiger partial charge on any atom is -0.487 e. The van der Waals surface area contributed by atoms with E-state index in [1.165, 1.54) is 7.05 Å². The van der Waals surface area contributed by atoms with Gasteiger partial charge in [0, 0.05) is 38.5 Å². The van der Waals surface area contributed by atoms with Gasteiger partial charge in [0.1, 0.15) is 42.1 Å². The molecule has 71 heavy (non-hydrogen) atoms. The van der Waals surface area contributed by atoms with Crippen molar-refractivity contribution in [3.63, 3.8) is 0 Å². The molecule has 0 spiro atoms. The van der Waals surface area contributed by atoms with Crippen LogP contribution in [0.2, 0.25) is 0 Å². The van der Waals surface area contributed by atoms with E-state index in [2.05, 4.69) is 36.6 Å². The van der Waals surface area contributed by atoms with Crippen molar-refractivity contribution >= 4 is 45.5 Å². The van der Waals surface area contributed by atoms with Gasteiger partial charge < -0.3 is 61.3 Å². The highest BCUT2D eigenvalue weighted by Crippen LogP contribution is 2.43. The van der Waals surface area contributed by atoms with Crippen molar-refractivity contribution < 1.29 is 56.1 Å². The average molecular weight is 1020 g/mol. The minimum atomic E-state index is -4.22. The van der Waals surface area contributed by atoms with Crippen molar-refractivity contribution in [1.29, 1.82) is 5.41 Å². The Morgan fingerprint density at radius 3 is 2.01 bits per heavy atom. The number of hydrogen-bond donors (Lipinski definition) is 9. The molecule has 0 bridgehead atoms. The van der Waals surface area contributed by atoms with Crippen molar-refractivity contribution in [2.75, 3.05) is 66.4 Å². The standard InChI is InChI=1S/C49H79N9O12S/c1-30(2)40(46(63)56-38(28-69-48(6,7)8)45(62)55-37(43(60)52-11)26-34-16-13-12-14-17-34)57-44(61)36(54-39(59)29-68-25-24-67-23-22-66-21-19-50)18-15-20-53-47(51)58-71(64,65)42-32(4)31(3)41-35(33(42)5)27-49(9,10)70-41/h12-14,16-17,30,36-38,40H,15,18-29,50H2,1-11H3,(H,52,60)(H,54,59)(H,55,62)(H,56,63)(H,57,61)(H3,51,53,58)/t36-,37-,38-,40-/m0/s1. The maximum atomic E-state index is 14.1. The Kier molecular flexibility index (Phi) is 23.6. The van der Waals surface area contributed by atoms with Crippen molar-refractivity contribution in [3.8, 4) is 5.75 Å². The molecule has 2 aromatic rings. The fourth-order valence-corrected chi connectivity index (χ4v) is 9.18. The molecule has 0 fully saturated rings. The van der Waals surface area contributed by atoms with E-state index in [1.54, 1.807) is 55.4 Å². The number of ether oxygens (including phenoxy) is 5. The number of benzene rings is 2. The van der Waals surface area contributed by atoms with Gasteiger partial charge in [-0.25, -0.2) is 13.1 Å². The predicted molar refractivity (Wildman–Crippen MR) is 268 cm³/mol. The second kappa shape index (κ2) is 28.0. The Morgan fingerprint density at radius 2 is 1.41 bits per heavy atom. The largest absolute Gasteiger partial charge is 0.487 e. The van der Waals surface area contributed by atoms with E-state index >= 15 is 0 Å². The second-order valence-corrected chi connectivity index (χ2v) is 21.0. The molecule has 398 valence electrons. The monoisotopic (exact) mass is 1020 g/mol. The zero-order valence-electron chi connectivity index (χ0n) is 43.4. The molecule has 4 atom stereocenters. The van der Waals surface area contributed by atoms with Crippen molar-refractivity contribution in [2.24, 2.45) is 11.7 Å². The van der Waals surface area contributed by atoms with Crippen LogP contribution in [0.15, 0.2) is 35.2 Å². The summed E-state index contributed by atoms with van der Waals surface area (Å²) >= 11 is 0. The quantitative estimate of drug-likeness (QED) is 0.0316. The zero-order valence-corrected chi connectivity index (χ0v) is 44.2. The molecular weight excluding hydrogens is 939 g/mol. The Morgan fingerprint density at radius 1 is 0.803 bits per heavy atom. The minimum absolute atomic E-state index is 0.00697. The molecule has 0 saturated carbocycles. The number of rotatable bonds is 29. The summed E-state index contributed by atoms with van der Waals surface area (Å²) in [5.41, 5.74) is 7.54. The number of carbonyl (C=O) groups is 5. The third kappa shape index (κ3) is 19.6. The van der Waals surface area contributed by atoms with E-state index in [4.69, 9.17) is 34.8 Å². The first-order valence-corrected chi connectivity index (χ1v) is 25.5. The van der Waals surface area contributed by atoms with Crippen LogP contribution in [-0.4, -0.2) is 146 Å². The maximum absolute atomic E-state index is 14.1. The summed E-state index contributed by atoms with van der Waals surface area (Å²) in [6.07, 6.45) is 0.818. The molecule has 0 aromatic heterocycles. The van der Waals surface area contributed by atoms with E-state index in [1.807, 2.05) is 44.2 Å². The molecule has 1 aliphatic heterocycles. The van der Waals surface area contributed by atoms with Gasteiger partial charge in [-0.15, -0.1) is 0 Å². The number of sulfonamides is 1. The van der Waals surface area contributed by atoms with Crippen LogP contribution in [-0.2, 0) is 65.8 Å². The van der Waals surface area contributed by atoms with Crippen LogP contribution in [0, 0.1) is 32.1 Å². The Bertz CT molecular complexity index is 2240. The highest BCUT2D eigenvalue weighted by atomic mass is 32.2. The number of carbonyl (C=O) groups excluding carboxylic acids is 5. The molecule has 21 nitrogen and oxygen atoms in total. The van der Waals surface area contributed by atoms with Gasteiger partial charge in [0.2, 0.25) is 35.5 Å². The van der Waals surface area contributed by atoms with Crippen molar-refractivity contribution in [2.45, 2.75) is 135 Å². The lowest BCUT2D eigenvalue weighted by Crippen LogP contribution is -2.60. The van der Waals surface area contributed by atoms with Crippen LogP contribution in [0.25, 0.3) is 0 Å². The van der Waals surface area contributed by atoms with E-state index < -0.39 is 93.4 Å². The predicted octanol–water partition coefficient (Wildman–Crippen LogP) is 1.32. The molecule has 5 amide bonds. The third-order valence-corrected chi connectivity index (χ3v) is 13.0. The number of likely N-dealkylation sites (N-methyl/N-ethyl adjacent to an activating group) is 1. The lowest BCUT2D eigenvalue weighted by molar-refractivity contribution is -0.137. The van der Waals surface area contributed by atoms with Gasteiger partial charge in [0.25, 0.3) is 10.0 Å². The number of nitrogens with two attached hydrogens (primary N) is 1. The van der Waals surface area contributed by atoms with Crippen LogP contribution in [0.3, 0.4) is 0 Å². The fourth-order valence-electron chi connectivity index (χ4n) is 7.65. The number of guanidine groups is 1. The first-order chi connectivity index (χ1) is 33.3. The van der Waals surface area contributed by atoms with Crippen molar-refractivity contribution in [3.05, 3.63) is 58.1 Å². The molecule has 0 saturated heterocycles. The number of amides is 5. The summed E-state index contributed by atoms with van der Waals surface area (Å²) in [7, 11) is -2.77. The summed E-state index contributed by atoms with van der Waals surface area (Å²) in [4.78, 5) is 68.3. The second-order valence-electron chi connectivity index (χ2n) is 19.4. The van der Waals surface area contributed by atoms with Gasteiger partial charge in [0.05, 0.1) is 50.1 Å². The Balaban J connectivity index is 1.76. The summed E-state index contributed by atoms with van der Waals surface area (Å²) in [5, 5.41) is 24.7. The number of fused-ring (bicyclic) bond motifs is 1. The highest BCUT2D eigenvalue weighted by Gasteiger charge is 2.37. The SMILES string of the molecule is CNC(=O)[C@H](Cc1ccccc1)NC(=O)[C@H](COC(C)(C)C)NC(=O)[C@@H](NC(=O)[C@H](CCCNC(=N)NS(=O)(=O)c1c(C)c(C)c2c(c1C)CC(C)(C)O2)NC(=O)COCCOCCOCCN)C(C)C. The summed E-state index contributed by atoms with van der Waals surface area (Å²) in [6, 6.07) is 4.37. The van der Waals surface area contributed by atoms with Gasteiger partial charge in [-0.3, -0.25) is 29.4 Å². The maximum Gasteiger partial charge on any atom is 0.264 e. The molecule has 3 rings (SSSR count). The number of nitrogens with one attached hydrogen (secondary N) is 8. The molecule has 1 heterocycles. The Labute approximate surface area is 419 Å². The molecule has 22 heteroatoms. The van der Waals surface area contributed by atoms with E-state index in [-0.39, 0.29) is 50.5 Å². The Hall–Kier alpha value is -5.39. The fraction of sp³-hybridized carbons (Fsp3) is 0.633. The van der Waals surface area contributed by atoms with Crippen LogP contribution < -0.4 is 47.1 Å². The van der Waals surface area contributed by atoms with Crippen molar-refractivity contribution in [1.82, 2.24) is 36.6 Å². The smallest absolute Gasteiger partial charge is 0.264 e. The lowest BCUT2D eigenvalue weighted by Gasteiger charge is -2.29. The van der Waals surface area contributed by atoms with E-state index in [0.717, 1.165) is 11.1 Å². The molecule has 1 aliphatic rings. The van der Waals surface area contributed by atoms with Gasteiger partial charge in [-0.1, -0.05) is 44.2 Å². The van der Waals surface area contributed by atoms with E-state index in [0.29, 0.717) is 55.2 Å². The molecule has 10 N–H and O–H groups in total. The van der Waals surface area contributed by atoms with Gasteiger partial charge in [-0.05, 0) is 96.4 Å². The van der Waals surface area contributed by atoms with E-state index in [9.17, 15) is 32.4 Å². The molecule has 0 aliphatic carbocycles. The topological polar surface area (TPSA) is 300 Å². The zero-order chi connectivity index (χ0) is 53.1. The normalized spacial score (nSPS) is 14.8. The van der Waals surface area contributed by atoms with Crippen LogP contribution >= 0.6 is 0 Å². The molecular formula is C49H79N9O12S. The summed E-state index contributed by atoms with van der Waals surface area (Å²) in [5.74, 6) is -3.60. The van der Waals surface area contributed by atoms with Gasteiger partial charge >= 0.3 is 0 Å². The van der Waals surface area contributed by atoms with Gasteiger partial charge in [0.15, 0.2) is 0 Å². The van der Waals surface area contributed by atoms with Crippen LogP contribution in [0.5, 0.6) is 5.75 Å². The van der Waals surface area contributed by atoms with Crippen LogP contribution in [0.1, 0.15) is 89.1 Å². The first kappa shape index (κ1) is 59.9.